The van der Waals surface area contributed by atoms with E-state index in [9.17, 15) is 0 Å². The summed E-state index contributed by atoms with van der Waals surface area (Å²) in [6, 6.07) is 6.06. The number of aryl methyl sites for hydroxylation is 1. The van der Waals surface area contributed by atoms with Crippen molar-refractivity contribution >= 4 is 5.69 Å². The summed E-state index contributed by atoms with van der Waals surface area (Å²) in [7, 11) is 1.65. The van der Waals surface area contributed by atoms with Gasteiger partial charge in [-0.2, -0.15) is 0 Å². The molecule has 0 unspecified atom stereocenters. The molecule has 22 heavy (non-hydrogen) atoms. The van der Waals surface area contributed by atoms with E-state index < -0.39 is 0 Å². The van der Waals surface area contributed by atoms with Crippen molar-refractivity contribution in [2.24, 2.45) is 0 Å². The molecule has 0 spiro atoms. The predicted octanol–water partition coefficient (Wildman–Crippen LogP) is 2.92. The molecule has 0 aromatic heterocycles. The number of hydrogen-bond acceptors (Lipinski definition) is 4. The maximum Gasteiger partial charge on any atom is 0.141 e. The van der Waals surface area contributed by atoms with Gasteiger partial charge in [0.15, 0.2) is 0 Å². The molecule has 1 rings (SSSR count). The number of methoxy groups -OCH3 is 1. The summed E-state index contributed by atoms with van der Waals surface area (Å²) >= 11 is 0. The predicted molar refractivity (Wildman–Crippen MR) is 95.6 cm³/mol. The number of anilines is 1. The van der Waals surface area contributed by atoms with Crippen molar-refractivity contribution in [1.29, 1.82) is 0 Å². The van der Waals surface area contributed by atoms with Crippen LogP contribution in [-0.2, 0) is 6.42 Å². The van der Waals surface area contributed by atoms with Crippen LogP contribution in [0.2, 0.25) is 0 Å². The number of nitrogen functional groups attached to an aromatic ring is 1. The average Bonchev–Trinajstić information content (AvgIpc) is 2.53. The Bertz CT molecular complexity index is 405. The quantitative estimate of drug-likeness (QED) is 0.460. The first-order valence-electron chi connectivity index (χ1n) is 8.56. The molecule has 0 heterocycles. The van der Waals surface area contributed by atoms with Gasteiger partial charge in [0.1, 0.15) is 5.75 Å². The third-order valence-corrected chi connectivity index (χ3v) is 4.09. The van der Waals surface area contributed by atoms with E-state index in [0.717, 1.165) is 50.5 Å². The summed E-state index contributed by atoms with van der Waals surface area (Å²) in [5, 5.41) is 3.53. The normalized spacial score (nSPS) is 11.1. The number of benzene rings is 1. The van der Waals surface area contributed by atoms with E-state index in [4.69, 9.17) is 10.5 Å². The number of hydrogen-bond donors (Lipinski definition) is 2. The molecule has 4 heteroatoms. The summed E-state index contributed by atoms with van der Waals surface area (Å²) in [5.41, 5.74) is 7.93. The second-order valence-electron chi connectivity index (χ2n) is 5.66. The van der Waals surface area contributed by atoms with Crippen molar-refractivity contribution in [3.05, 3.63) is 23.8 Å². The number of ether oxygens (including phenoxy) is 1. The van der Waals surface area contributed by atoms with E-state index in [0.29, 0.717) is 0 Å². The molecule has 1 aromatic rings. The first-order valence-corrected chi connectivity index (χ1v) is 8.56. The topological polar surface area (TPSA) is 50.5 Å². The van der Waals surface area contributed by atoms with Crippen molar-refractivity contribution in [1.82, 2.24) is 10.2 Å². The summed E-state index contributed by atoms with van der Waals surface area (Å²) in [5.74, 6) is 0.759. The van der Waals surface area contributed by atoms with Crippen LogP contribution in [0.15, 0.2) is 18.2 Å². The minimum Gasteiger partial charge on any atom is -0.495 e. The first kappa shape index (κ1) is 18.8. The maximum atomic E-state index is 5.92. The molecule has 4 nitrogen and oxygen atoms in total. The zero-order valence-electron chi connectivity index (χ0n) is 14.5. The minimum atomic E-state index is 0.726. The van der Waals surface area contributed by atoms with Crippen LogP contribution in [0.1, 0.15) is 38.7 Å². The highest BCUT2D eigenvalue weighted by molar-refractivity contribution is 5.54. The second kappa shape index (κ2) is 11.3. The third kappa shape index (κ3) is 7.14. The van der Waals surface area contributed by atoms with Crippen molar-refractivity contribution < 1.29 is 4.74 Å². The molecule has 0 radical (unpaired) electrons. The SMILES string of the molecule is CCN(CC)CCCCNCCCc1ccc(OC)c(N)c1. The first-order chi connectivity index (χ1) is 10.7. The molecule has 0 aliphatic heterocycles. The molecule has 1 aromatic carbocycles. The second-order valence-corrected chi connectivity index (χ2v) is 5.66. The van der Waals surface area contributed by atoms with E-state index >= 15 is 0 Å². The summed E-state index contributed by atoms with van der Waals surface area (Å²) in [6.45, 7) is 10.2. The van der Waals surface area contributed by atoms with Crippen LogP contribution in [0.25, 0.3) is 0 Å². The van der Waals surface area contributed by atoms with Gasteiger partial charge in [0.05, 0.1) is 12.8 Å². The van der Waals surface area contributed by atoms with E-state index in [1.807, 2.05) is 12.1 Å². The van der Waals surface area contributed by atoms with Gasteiger partial charge in [0, 0.05) is 0 Å². The highest BCUT2D eigenvalue weighted by Crippen LogP contribution is 2.22. The van der Waals surface area contributed by atoms with Gasteiger partial charge in [-0.1, -0.05) is 19.9 Å². The van der Waals surface area contributed by atoms with Gasteiger partial charge in [0.2, 0.25) is 0 Å². The Labute approximate surface area is 136 Å². The third-order valence-electron chi connectivity index (χ3n) is 4.09. The molecular weight excluding hydrogens is 274 g/mol. The van der Waals surface area contributed by atoms with Gasteiger partial charge < -0.3 is 20.7 Å². The molecule has 0 atom stereocenters. The molecule has 0 fully saturated rings. The molecule has 0 bridgehead atoms. The fourth-order valence-corrected chi connectivity index (χ4v) is 2.61. The lowest BCUT2D eigenvalue weighted by Crippen LogP contribution is -2.25. The number of unbranched alkanes of at least 4 members (excludes halogenated alkanes) is 1. The van der Waals surface area contributed by atoms with Crippen LogP contribution < -0.4 is 15.8 Å². The Hall–Kier alpha value is -1.26. The lowest BCUT2D eigenvalue weighted by molar-refractivity contribution is 0.296. The van der Waals surface area contributed by atoms with E-state index in [2.05, 4.69) is 30.1 Å². The van der Waals surface area contributed by atoms with Crippen molar-refractivity contribution in [2.75, 3.05) is 45.6 Å². The maximum absolute atomic E-state index is 5.92. The molecule has 0 aliphatic carbocycles. The Kier molecular flexibility index (Phi) is 9.67. The smallest absolute Gasteiger partial charge is 0.141 e. The fraction of sp³-hybridized carbons (Fsp3) is 0.667. The largest absolute Gasteiger partial charge is 0.495 e. The molecule has 3 N–H and O–H groups in total. The van der Waals surface area contributed by atoms with Crippen molar-refractivity contribution in [3.8, 4) is 5.75 Å². The van der Waals surface area contributed by atoms with Crippen LogP contribution in [0.5, 0.6) is 5.75 Å². The van der Waals surface area contributed by atoms with Crippen LogP contribution in [-0.4, -0.2) is 44.7 Å². The van der Waals surface area contributed by atoms with Gasteiger partial charge in [-0.25, -0.2) is 0 Å². The molecule has 0 saturated heterocycles. The molecule has 0 amide bonds. The van der Waals surface area contributed by atoms with Crippen LogP contribution in [0.4, 0.5) is 5.69 Å². The van der Waals surface area contributed by atoms with E-state index in [1.165, 1.54) is 24.9 Å². The standard InChI is InChI=1S/C18H33N3O/c1-4-21(5-2)14-7-6-12-20-13-8-9-16-10-11-18(22-3)17(19)15-16/h10-11,15,20H,4-9,12-14,19H2,1-3H3. The fourth-order valence-electron chi connectivity index (χ4n) is 2.61. The summed E-state index contributed by atoms with van der Waals surface area (Å²) in [6.07, 6.45) is 4.73. The minimum absolute atomic E-state index is 0.726. The highest BCUT2D eigenvalue weighted by Gasteiger charge is 2.01. The van der Waals surface area contributed by atoms with Crippen molar-refractivity contribution in [2.45, 2.75) is 39.5 Å². The summed E-state index contributed by atoms with van der Waals surface area (Å²) < 4.78 is 5.17. The number of nitrogens with two attached hydrogens (primary N) is 1. The zero-order chi connectivity index (χ0) is 16.2. The van der Waals surface area contributed by atoms with Gasteiger partial charge in [-0.3, -0.25) is 0 Å². The Morgan fingerprint density at radius 1 is 1.09 bits per heavy atom. The number of nitrogens with zero attached hydrogens (tertiary/aromatic N) is 1. The Morgan fingerprint density at radius 2 is 1.82 bits per heavy atom. The number of rotatable bonds is 12. The van der Waals surface area contributed by atoms with Crippen LogP contribution in [0, 0.1) is 0 Å². The molecule has 0 aliphatic rings. The molecule has 126 valence electrons. The Morgan fingerprint density at radius 3 is 2.45 bits per heavy atom. The van der Waals surface area contributed by atoms with Gasteiger partial charge in [-0.15, -0.1) is 0 Å². The van der Waals surface area contributed by atoms with E-state index in [-0.39, 0.29) is 0 Å². The highest BCUT2D eigenvalue weighted by atomic mass is 16.5. The molecular formula is C18H33N3O. The zero-order valence-corrected chi connectivity index (χ0v) is 14.5. The molecule has 0 saturated carbocycles. The van der Waals surface area contributed by atoms with Crippen molar-refractivity contribution in [3.63, 3.8) is 0 Å². The monoisotopic (exact) mass is 307 g/mol. The van der Waals surface area contributed by atoms with Crippen LogP contribution in [0.3, 0.4) is 0 Å². The van der Waals surface area contributed by atoms with Crippen LogP contribution >= 0.6 is 0 Å². The average molecular weight is 307 g/mol. The van der Waals surface area contributed by atoms with Gasteiger partial charge in [0.25, 0.3) is 0 Å². The lowest BCUT2D eigenvalue weighted by Gasteiger charge is -2.17. The summed E-state index contributed by atoms with van der Waals surface area (Å²) in [4.78, 5) is 2.48. The van der Waals surface area contributed by atoms with E-state index in [1.54, 1.807) is 7.11 Å². The lowest BCUT2D eigenvalue weighted by atomic mass is 10.1. The van der Waals surface area contributed by atoms with Gasteiger partial charge in [-0.05, 0) is 76.1 Å². The van der Waals surface area contributed by atoms with Gasteiger partial charge >= 0.3 is 0 Å². The Balaban J connectivity index is 2.05. The number of nitrogens with one attached hydrogen (secondary N) is 1.